The lowest BCUT2D eigenvalue weighted by Crippen LogP contribution is -2.32. The summed E-state index contributed by atoms with van der Waals surface area (Å²) in [6.45, 7) is 9.02. The van der Waals surface area contributed by atoms with Crippen molar-refractivity contribution >= 4 is 6.09 Å². The van der Waals surface area contributed by atoms with Crippen molar-refractivity contribution in [1.29, 1.82) is 0 Å². The van der Waals surface area contributed by atoms with Crippen LogP contribution in [0.3, 0.4) is 0 Å². The number of rotatable bonds is 2. The van der Waals surface area contributed by atoms with Crippen LogP contribution in [0.1, 0.15) is 27.7 Å². The van der Waals surface area contributed by atoms with Gasteiger partial charge < -0.3 is 10.1 Å². The first-order valence-corrected chi connectivity index (χ1v) is 3.86. The molecule has 1 N–H and O–H groups in total. The average molecular weight is 159 g/mol. The molecule has 0 heterocycles. The third kappa shape index (κ3) is 7.16. The summed E-state index contributed by atoms with van der Waals surface area (Å²) < 4.78 is 4.69. The van der Waals surface area contributed by atoms with Crippen LogP contribution in [-0.4, -0.2) is 19.2 Å². The number of ether oxygens (including phenoxy) is 1. The van der Waals surface area contributed by atoms with Gasteiger partial charge in [0.2, 0.25) is 0 Å². The summed E-state index contributed by atoms with van der Waals surface area (Å²) in [5.74, 6) is 0. The van der Waals surface area contributed by atoms with E-state index in [1.165, 1.54) is 0 Å². The van der Waals surface area contributed by atoms with Gasteiger partial charge in [0.1, 0.15) is 0 Å². The van der Waals surface area contributed by atoms with E-state index < -0.39 is 0 Å². The molecule has 0 bridgehead atoms. The fraction of sp³-hybridized carbons (Fsp3) is 0.875. The predicted molar refractivity (Wildman–Crippen MR) is 44.5 cm³/mol. The molecule has 0 spiro atoms. The molecule has 0 aliphatic rings. The molecule has 3 heteroatoms. The van der Waals surface area contributed by atoms with Crippen LogP contribution in [0.4, 0.5) is 4.79 Å². The summed E-state index contributed by atoms with van der Waals surface area (Å²) in [5, 5.41) is 2.66. The van der Waals surface area contributed by atoms with E-state index in [-0.39, 0.29) is 11.5 Å². The molecule has 1 amide bonds. The van der Waals surface area contributed by atoms with Crippen molar-refractivity contribution < 1.29 is 9.53 Å². The summed E-state index contributed by atoms with van der Waals surface area (Å²) >= 11 is 0. The average Bonchev–Trinajstić information content (AvgIpc) is 1.83. The SMILES string of the molecule is CCOC(=O)NCC(C)(C)C. The highest BCUT2D eigenvalue weighted by atomic mass is 16.5. The van der Waals surface area contributed by atoms with Gasteiger partial charge in [0.25, 0.3) is 0 Å². The predicted octanol–water partition coefficient (Wildman–Crippen LogP) is 1.78. The van der Waals surface area contributed by atoms with Crippen molar-refractivity contribution in [3.8, 4) is 0 Å². The second kappa shape index (κ2) is 4.21. The van der Waals surface area contributed by atoms with Gasteiger partial charge in [-0.1, -0.05) is 20.8 Å². The lowest BCUT2D eigenvalue weighted by atomic mass is 9.97. The number of hydrogen-bond donors (Lipinski definition) is 1. The zero-order valence-corrected chi connectivity index (χ0v) is 7.73. The molecular formula is C8H17NO2. The van der Waals surface area contributed by atoms with E-state index in [0.29, 0.717) is 13.2 Å². The van der Waals surface area contributed by atoms with Gasteiger partial charge in [-0.15, -0.1) is 0 Å². The monoisotopic (exact) mass is 159 g/mol. The van der Waals surface area contributed by atoms with Gasteiger partial charge in [0.05, 0.1) is 6.61 Å². The van der Waals surface area contributed by atoms with Gasteiger partial charge in [-0.2, -0.15) is 0 Å². The largest absolute Gasteiger partial charge is 0.450 e. The summed E-state index contributed by atoms with van der Waals surface area (Å²) in [6, 6.07) is 0. The third-order valence-corrected chi connectivity index (χ3v) is 1.04. The van der Waals surface area contributed by atoms with Crippen LogP contribution in [-0.2, 0) is 4.74 Å². The van der Waals surface area contributed by atoms with Crippen LogP contribution in [0.2, 0.25) is 0 Å². The summed E-state index contributed by atoms with van der Waals surface area (Å²) in [6.07, 6.45) is -0.331. The fourth-order valence-corrected chi connectivity index (χ4v) is 0.519. The van der Waals surface area contributed by atoms with Gasteiger partial charge in [-0.05, 0) is 12.3 Å². The van der Waals surface area contributed by atoms with Crippen LogP contribution in [0.5, 0.6) is 0 Å². The Kier molecular flexibility index (Phi) is 3.93. The maximum Gasteiger partial charge on any atom is 0.407 e. The van der Waals surface area contributed by atoms with E-state index in [1.54, 1.807) is 6.92 Å². The molecule has 0 saturated carbocycles. The molecule has 0 saturated heterocycles. The fourth-order valence-electron chi connectivity index (χ4n) is 0.519. The van der Waals surface area contributed by atoms with Crippen LogP contribution in [0, 0.1) is 5.41 Å². The number of carbonyl (C=O) groups is 1. The standard InChI is InChI=1S/C8H17NO2/c1-5-11-7(10)9-6-8(2,3)4/h5-6H2,1-4H3,(H,9,10). The van der Waals surface area contributed by atoms with E-state index in [9.17, 15) is 4.79 Å². The zero-order chi connectivity index (χ0) is 8.91. The molecule has 66 valence electrons. The highest BCUT2D eigenvalue weighted by Crippen LogP contribution is 2.09. The number of alkyl carbamates (subject to hydrolysis) is 1. The minimum atomic E-state index is -0.331. The molecule has 0 atom stereocenters. The van der Waals surface area contributed by atoms with E-state index >= 15 is 0 Å². The summed E-state index contributed by atoms with van der Waals surface area (Å²) in [4.78, 5) is 10.8. The van der Waals surface area contributed by atoms with Gasteiger partial charge in [-0.3, -0.25) is 0 Å². The van der Waals surface area contributed by atoms with Crippen molar-refractivity contribution in [2.45, 2.75) is 27.7 Å². The highest BCUT2D eigenvalue weighted by molar-refractivity contribution is 5.67. The third-order valence-electron chi connectivity index (χ3n) is 1.04. The number of carbonyl (C=O) groups excluding carboxylic acids is 1. The van der Waals surface area contributed by atoms with Crippen molar-refractivity contribution in [3.05, 3.63) is 0 Å². The van der Waals surface area contributed by atoms with Crippen LogP contribution >= 0.6 is 0 Å². The lowest BCUT2D eigenvalue weighted by Gasteiger charge is -2.18. The van der Waals surface area contributed by atoms with E-state index in [1.807, 2.05) is 0 Å². The number of amides is 1. The Hall–Kier alpha value is -0.730. The molecule has 0 aromatic heterocycles. The minimum absolute atomic E-state index is 0.118. The molecule has 0 fully saturated rings. The number of nitrogens with one attached hydrogen (secondary N) is 1. The Morgan fingerprint density at radius 3 is 2.36 bits per heavy atom. The molecular weight excluding hydrogens is 142 g/mol. The van der Waals surface area contributed by atoms with Gasteiger partial charge >= 0.3 is 6.09 Å². The smallest absolute Gasteiger partial charge is 0.407 e. The molecule has 0 aliphatic heterocycles. The first-order valence-electron chi connectivity index (χ1n) is 3.86. The van der Waals surface area contributed by atoms with E-state index in [2.05, 4.69) is 30.8 Å². The first kappa shape index (κ1) is 10.3. The van der Waals surface area contributed by atoms with Gasteiger partial charge in [0.15, 0.2) is 0 Å². The van der Waals surface area contributed by atoms with Crippen molar-refractivity contribution in [3.63, 3.8) is 0 Å². The zero-order valence-electron chi connectivity index (χ0n) is 7.73. The quantitative estimate of drug-likeness (QED) is 0.667. The van der Waals surface area contributed by atoms with Crippen molar-refractivity contribution in [2.24, 2.45) is 5.41 Å². The molecule has 0 aromatic carbocycles. The lowest BCUT2D eigenvalue weighted by molar-refractivity contribution is 0.148. The Morgan fingerprint density at radius 1 is 1.45 bits per heavy atom. The molecule has 0 rings (SSSR count). The maximum atomic E-state index is 10.8. The molecule has 11 heavy (non-hydrogen) atoms. The molecule has 0 aromatic rings. The molecule has 3 nitrogen and oxygen atoms in total. The Balaban J connectivity index is 3.46. The first-order chi connectivity index (χ1) is 4.95. The summed E-state index contributed by atoms with van der Waals surface area (Å²) in [7, 11) is 0. The van der Waals surface area contributed by atoms with Crippen molar-refractivity contribution in [1.82, 2.24) is 5.32 Å². The van der Waals surface area contributed by atoms with Crippen LogP contribution in [0.15, 0.2) is 0 Å². The van der Waals surface area contributed by atoms with E-state index in [4.69, 9.17) is 0 Å². The second-order valence-corrected chi connectivity index (χ2v) is 3.63. The Morgan fingerprint density at radius 2 is 2.00 bits per heavy atom. The van der Waals surface area contributed by atoms with Crippen LogP contribution < -0.4 is 5.32 Å². The highest BCUT2D eigenvalue weighted by Gasteiger charge is 2.11. The van der Waals surface area contributed by atoms with Gasteiger partial charge in [0, 0.05) is 6.54 Å². The molecule has 0 unspecified atom stereocenters. The Labute approximate surface area is 68.1 Å². The second-order valence-electron chi connectivity index (χ2n) is 3.63. The van der Waals surface area contributed by atoms with Crippen molar-refractivity contribution in [2.75, 3.05) is 13.2 Å². The minimum Gasteiger partial charge on any atom is -0.450 e. The molecule has 0 aliphatic carbocycles. The van der Waals surface area contributed by atoms with Crippen LogP contribution in [0.25, 0.3) is 0 Å². The topological polar surface area (TPSA) is 38.3 Å². The summed E-state index contributed by atoms with van der Waals surface area (Å²) in [5.41, 5.74) is 0.118. The maximum absolute atomic E-state index is 10.8. The number of hydrogen-bond acceptors (Lipinski definition) is 2. The molecule has 0 radical (unpaired) electrons. The Bertz CT molecular complexity index is 127. The normalized spacial score (nSPS) is 10.9. The van der Waals surface area contributed by atoms with Gasteiger partial charge in [-0.25, -0.2) is 4.79 Å². The van der Waals surface area contributed by atoms with E-state index in [0.717, 1.165) is 0 Å².